The molecule has 0 saturated carbocycles. The molecule has 0 N–H and O–H groups in total. The lowest BCUT2D eigenvalue weighted by Crippen LogP contribution is -2.23. The normalized spacial score (nSPS) is 14.9. The fourth-order valence-electron chi connectivity index (χ4n) is 4.18. The number of ether oxygens (including phenoxy) is 2. The van der Waals surface area contributed by atoms with Crippen LogP contribution in [-0.4, -0.2) is 42.3 Å². The smallest absolute Gasteiger partial charge is 0.306 e. The van der Waals surface area contributed by atoms with E-state index in [2.05, 4.69) is 35.2 Å². The maximum Gasteiger partial charge on any atom is 0.306 e. The van der Waals surface area contributed by atoms with Gasteiger partial charge in [0.2, 0.25) is 0 Å². The number of rotatable bonds is 5. The molecule has 172 valence electrons. The van der Waals surface area contributed by atoms with Crippen molar-refractivity contribution < 1.29 is 9.47 Å². The number of fused-ring (bicyclic) bond motifs is 1. The Morgan fingerprint density at radius 3 is 2.55 bits per heavy atom. The lowest BCUT2D eigenvalue weighted by molar-refractivity contribution is 0.0673. The van der Waals surface area contributed by atoms with E-state index in [-0.39, 0.29) is 17.6 Å². The Balaban J connectivity index is 1.45. The van der Waals surface area contributed by atoms with E-state index in [1.807, 2.05) is 40.6 Å². The first kappa shape index (κ1) is 21.4. The lowest BCUT2D eigenvalue weighted by Gasteiger charge is -2.22. The number of hydrogen-bond donors (Lipinski definition) is 0. The Labute approximate surface area is 191 Å². The predicted octanol–water partition coefficient (Wildman–Crippen LogP) is 4.03. The number of aromatic nitrogens is 6. The summed E-state index contributed by atoms with van der Waals surface area (Å²) in [6, 6.07) is 8.45. The van der Waals surface area contributed by atoms with Gasteiger partial charge < -0.3 is 9.47 Å². The minimum absolute atomic E-state index is 0.165. The molecule has 1 saturated heterocycles. The fourth-order valence-corrected chi connectivity index (χ4v) is 4.18. The molecule has 5 rings (SSSR count). The molecule has 33 heavy (non-hydrogen) atoms. The first-order valence-electron chi connectivity index (χ1n) is 11.3. The molecular weight excluding hydrogens is 420 g/mol. The molecule has 4 heterocycles. The first-order valence-corrected chi connectivity index (χ1v) is 11.3. The molecule has 9 heteroatoms. The second kappa shape index (κ2) is 8.47. The van der Waals surface area contributed by atoms with Crippen LogP contribution in [-0.2, 0) is 11.8 Å². The highest BCUT2D eigenvalue weighted by atomic mass is 16.5. The molecule has 0 amide bonds. The molecule has 1 aliphatic rings. The van der Waals surface area contributed by atoms with Crippen molar-refractivity contribution in [3.63, 3.8) is 0 Å². The van der Waals surface area contributed by atoms with Crippen molar-refractivity contribution in [2.24, 2.45) is 7.05 Å². The number of benzene rings is 1. The van der Waals surface area contributed by atoms with Gasteiger partial charge in [-0.1, -0.05) is 12.1 Å². The largest absolute Gasteiger partial charge is 0.425 e. The molecule has 0 unspecified atom stereocenters. The quantitative estimate of drug-likeness (QED) is 0.458. The van der Waals surface area contributed by atoms with E-state index >= 15 is 0 Å². The summed E-state index contributed by atoms with van der Waals surface area (Å²) in [6.07, 6.45) is 5.35. The lowest BCUT2D eigenvalue weighted by atomic mass is 10.1. The summed E-state index contributed by atoms with van der Waals surface area (Å²) >= 11 is 0. The van der Waals surface area contributed by atoms with Crippen LogP contribution in [0.1, 0.15) is 44.5 Å². The third-order valence-electron chi connectivity index (χ3n) is 6.15. The van der Waals surface area contributed by atoms with E-state index in [9.17, 15) is 4.79 Å². The SMILES string of the molecule is Cc1nn(C(C)C)cc1-c1ccc(Oc2nc3c(cnn3C3CCOCC3)c(=O)n2C)cc1. The standard InChI is InChI=1S/C24H28N6O3/c1-15(2)29-14-21(16(3)27-29)17-5-7-19(8-6-17)33-24-26-22-20(23(31)28(24)4)13-25-30(22)18-9-11-32-12-10-18/h5-8,13-15,18H,9-12H2,1-4H3. The highest BCUT2D eigenvalue weighted by molar-refractivity contribution is 5.74. The second-order valence-corrected chi connectivity index (χ2v) is 8.76. The minimum Gasteiger partial charge on any atom is -0.425 e. The van der Waals surface area contributed by atoms with Crippen LogP contribution >= 0.6 is 0 Å². The highest BCUT2D eigenvalue weighted by Gasteiger charge is 2.22. The molecule has 1 aliphatic heterocycles. The monoisotopic (exact) mass is 448 g/mol. The van der Waals surface area contributed by atoms with Gasteiger partial charge in [-0.3, -0.25) is 14.0 Å². The Bertz CT molecular complexity index is 1340. The molecule has 9 nitrogen and oxygen atoms in total. The molecule has 0 radical (unpaired) electrons. The van der Waals surface area contributed by atoms with Gasteiger partial charge in [0.15, 0.2) is 5.65 Å². The van der Waals surface area contributed by atoms with E-state index in [1.54, 1.807) is 13.2 Å². The van der Waals surface area contributed by atoms with Crippen LogP contribution in [0.4, 0.5) is 0 Å². The first-order chi connectivity index (χ1) is 15.9. The summed E-state index contributed by atoms with van der Waals surface area (Å²) in [5.41, 5.74) is 3.49. The van der Waals surface area contributed by atoms with E-state index in [4.69, 9.17) is 9.47 Å². The maximum atomic E-state index is 12.9. The molecule has 1 aromatic carbocycles. The molecule has 0 spiro atoms. The predicted molar refractivity (Wildman–Crippen MR) is 125 cm³/mol. The van der Waals surface area contributed by atoms with Crippen LogP contribution in [0.25, 0.3) is 22.2 Å². The molecule has 0 aliphatic carbocycles. The van der Waals surface area contributed by atoms with Gasteiger partial charge in [0.25, 0.3) is 5.56 Å². The van der Waals surface area contributed by atoms with Crippen LogP contribution < -0.4 is 10.3 Å². The van der Waals surface area contributed by atoms with E-state index in [0.717, 1.165) is 29.7 Å². The zero-order chi connectivity index (χ0) is 23.1. The van der Waals surface area contributed by atoms with Crippen LogP contribution in [0.3, 0.4) is 0 Å². The third-order valence-corrected chi connectivity index (χ3v) is 6.15. The second-order valence-electron chi connectivity index (χ2n) is 8.76. The number of hydrogen-bond acceptors (Lipinski definition) is 6. The van der Waals surface area contributed by atoms with Crippen LogP contribution in [0.2, 0.25) is 0 Å². The molecular formula is C24H28N6O3. The molecule has 4 aromatic rings. The number of aryl methyl sites for hydroxylation is 1. The van der Waals surface area contributed by atoms with Crippen molar-refractivity contribution >= 4 is 11.0 Å². The average molecular weight is 449 g/mol. The summed E-state index contributed by atoms with van der Waals surface area (Å²) in [7, 11) is 1.66. The highest BCUT2D eigenvalue weighted by Crippen LogP contribution is 2.29. The van der Waals surface area contributed by atoms with Gasteiger partial charge in [-0.15, -0.1) is 0 Å². The molecule has 3 aromatic heterocycles. The van der Waals surface area contributed by atoms with E-state index in [0.29, 0.717) is 36.0 Å². The zero-order valence-electron chi connectivity index (χ0n) is 19.4. The summed E-state index contributed by atoms with van der Waals surface area (Å²) in [4.78, 5) is 17.6. The van der Waals surface area contributed by atoms with Gasteiger partial charge in [-0.25, -0.2) is 4.68 Å². The molecule has 0 bridgehead atoms. The van der Waals surface area contributed by atoms with Crippen LogP contribution in [0, 0.1) is 6.92 Å². The van der Waals surface area contributed by atoms with Gasteiger partial charge in [0.05, 0.1) is 17.9 Å². The van der Waals surface area contributed by atoms with Gasteiger partial charge in [-0.05, 0) is 51.3 Å². The summed E-state index contributed by atoms with van der Waals surface area (Å²) in [5, 5.41) is 9.54. The summed E-state index contributed by atoms with van der Waals surface area (Å²) in [6.45, 7) is 7.59. The Kier molecular flexibility index (Phi) is 5.49. The van der Waals surface area contributed by atoms with Crippen molar-refractivity contribution in [3.05, 3.63) is 52.7 Å². The minimum atomic E-state index is -0.179. The van der Waals surface area contributed by atoms with Crippen molar-refractivity contribution in [1.29, 1.82) is 0 Å². The van der Waals surface area contributed by atoms with Gasteiger partial charge in [0, 0.05) is 38.1 Å². The van der Waals surface area contributed by atoms with E-state index < -0.39 is 0 Å². The van der Waals surface area contributed by atoms with Gasteiger partial charge in [-0.2, -0.15) is 15.2 Å². The van der Waals surface area contributed by atoms with Crippen molar-refractivity contribution in [1.82, 2.24) is 29.1 Å². The summed E-state index contributed by atoms with van der Waals surface area (Å²) < 4.78 is 16.7. The van der Waals surface area contributed by atoms with Gasteiger partial charge in [0.1, 0.15) is 11.1 Å². The third kappa shape index (κ3) is 3.93. The van der Waals surface area contributed by atoms with Crippen molar-refractivity contribution in [3.8, 4) is 22.9 Å². The summed E-state index contributed by atoms with van der Waals surface area (Å²) in [5.74, 6) is 0.603. The Morgan fingerprint density at radius 1 is 1.15 bits per heavy atom. The van der Waals surface area contributed by atoms with Crippen molar-refractivity contribution in [2.75, 3.05) is 13.2 Å². The Morgan fingerprint density at radius 2 is 1.88 bits per heavy atom. The Hall–Kier alpha value is -3.46. The van der Waals surface area contributed by atoms with Crippen LogP contribution in [0.5, 0.6) is 11.8 Å². The fraction of sp³-hybridized carbons (Fsp3) is 0.417. The molecule has 0 atom stereocenters. The van der Waals surface area contributed by atoms with Crippen molar-refractivity contribution in [2.45, 2.75) is 45.7 Å². The van der Waals surface area contributed by atoms with Gasteiger partial charge >= 0.3 is 6.01 Å². The average Bonchev–Trinajstić information content (AvgIpc) is 3.42. The maximum absolute atomic E-state index is 12.9. The van der Waals surface area contributed by atoms with Crippen LogP contribution in [0.15, 0.2) is 41.5 Å². The van der Waals surface area contributed by atoms with E-state index in [1.165, 1.54) is 4.57 Å². The molecule has 1 fully saturated rings. The number of nitrogens with zero attached hydrogens (tertiary/aromatic N) is 6. The zero-order valence-corrected chi connectivity index (χ0v) is 19.4. The topological polar surface area (TPSA) is 89.0 Å².